The van der Waals surface area contributed by atoms with E-state index in [-0.39, 0.29) is 26.1 Å². The fourth-order valence-corrected chi connectivity index (χ4v) is 2.57. The number of carboxylic acids is 1. The molecule has 3 N–H and O–H groups in total. The summed E-state index contributed by atoms with van der Waals surface area (Å²) in [6, 6.07) is 11.6. The molecule has 0 aliphatic carbocycles. The number of benzene rings is 2. The van der Waals surface area contributed by atoms with Crippen molar-refractivity contribution in [3.8, 4) is 11.5 Å². The number of carboxylic acid groups (broad SMARTS) is 1. The van der Waals surface area contributed by atoms with Crippen LogP contribution >= 0.6 is 0 Å². The molecule has 0 aliphatic rings. The van der Waals surface area contributed by atoms with Gasteiger partial charge in [-0.1, -0.05) is 49.6 Å². The van der Waals surface area contributed by atoms with E-state index in [1.165, 1.54) is 12.1 Å². The Labute approximate surface area is 187 Å². The van der Waals surface area contributed by atoms with E-state index >= 15 is 0 Å². The summed E-state index contributed by atoms with van der Waals surface area (Å²) in [5.41, 5.74) is 2.16. The van der Waals surface area contributed by atoms with Crippen LogP contribution in [0.2, 0.25) is 0 Å². The number of allylic oxidation sites excluding steroid dienone is 3. The SMILES string of the molecule is C=C/C=C(\C=C)C(=N)COc1ccc(COc2ccc(CCC(=O)O)c(F)c2)cc1.CO. The summed E-state index contributed by atoms with van der Waals surface area (Å²) in [6.45, 7) is 7.62. The quantitative estimate of drug-likeness (QED) is 0.327. The maximum atomic E-state index is 14.0. The molecule has 32 heavy (non-hydrogen) atoms. The second-order valence-corrected chi connectivity index (χ2v) is 6.41. The van der Waals surface area contributed by atoms with Crippen molar-refractivity contribution in [1.29, 1.82) is 5.41 Å². The number of aryl methyl sites for hydroxylation is 1. The molecule has 0 amide bonds. The maximum absolute atomic E-state index is 14.0. The first-order valence-corrected chi connectivity index (χ1v) is 9.75. The summed E-state index contributed by atoms with van der Waals surface area (Å²) < 4.78 is 25.2. The van der Waals surface area contributed by atoms with Crippen LogP contribution in [0.5, 0.6) is 11.5 Å². The maximum Gasteiger partial charge on any atom is 0.303 e. The van der Waals surface area contributed by atoms with Gasteiger partial charge in [-0.2, -0.15) is 0 Å². The van der Waals surface area contributed by atoms with E-state index < -0.39 is 11.8 Å². The lowest BCUT2D eigenvalue weighted by Crippen LogP contribution is -2.11. The summed E-state index contributed by atoms with van der Waals surface area (Å²) in [4.78, 5) is 10.6. The lowest BCUT2D eigenvalue weighted by molar-refractivity contribution is -0.136. The minimum atomic E-state index is -0.964. The average Bonchev–Trinajstić information content (AvgIpc) is 2.80. The fraction of sp³-hybridized carbons (Fsp3) is 0.200. The molecule has 0 heterocycles. The molecule has 7 heteroatoms. The van der Waals surface area contributed by atoms with Crippen LogP contribution in [0.3, 0.4) is 0 Å². The van der Waals surface area contributed by atoms with Crippen LogP contribution in [0.15, 0.2) is 79.4 Å². The summed E-state index contributed by atoms with van der Waals surface area (Å²) >= 11 is 0. The smallest absolute Gasteiger partial charge is 0.303 e. The second-order valence-electron chi connectivity index (χ2n) is 6.41. The normalized spacial score (nSPS) is 10.4. The van der Waals surface area contributed by atoms with Crippen molar-refractivity contribution in [1.82, 2.24) is 0 Å². The molecule has 2 rings (SSSR count). The molecule has 0 spiro atoms. The molecule has 2 aromatic rings. The van der Waals surface area contributed by atoms with Gasteiger partial charge in [-0.25, -0.2) is 4.39 Å². The van der Waals surface area contributed by atoms with Crippen molar-refractivity contribution in [3.63, 3.8) is 0 Å². The van der Waals surface area contributed by atoms with Gasteiger partial charge in [0.1, 0.15) is 30.5 Å². The third-order valence-corrected chi connectivity index (χ3v) is 4.21. The van der Waals surface area contributed by atoms with E-state index in [0.717, 1.165) is 12.7 Å². The Kier molecular flexibility index (Phi) is 11.8. The molecule has 0 bridgehead atoms. The lowest BCUT2D eigenvalue weighted by atomic mass is 10.1. The predicted octanol–water partition coefficient (Wildman–Crippen LogP) is 4.73. The standard InChI is InChI=1S/C24H24FNO4.CH4O/c1-3-5-18(4-2)23(26)16-30-20-10-6-17(7-11-20)15-29-21-12-8-19(22(25)14-21)9-13-24(27)28;1-2/h3-8,10-12,14,26H,1-2,9,13,15-16H2,(H,27,28);2H,1H3/b18-5+,26-23?;. The topological polar surface area (TPSA) is 99.8 Å². The molecule has 0 saturated heterocycles. The molecule has 0 saturated carbocycles. The number of halogens is 1. The molecule has 170 valence electrons. The van der Waals surface area contributed by atoms with Gasteiger partial charge >= 0.3 is 5.97 Å². The van der Waals surface area contributed by atoms with E-state index in [1.54, 1.807) is 36.4 Å². The van der Waals surface area contributed by atoms with Crippen LogP contribution in [-0.4, -0.2) is 35.6 Å². The van der Waals surface area contributed by atoms with Crippen molar-refractivity contribution >= 4 is 11.7 Å². The number of ether oxygens (including phenoxy) is 2. The number of nitrogens with one attached hydrogen (secondary N) is 1. The molecule has 0 unspecified atom stereocenters. The van der Waals surface area contributed by atoms with Crippen LogP contribution in [0.25, 0.3) is 0 Å². The average molecular weight is 441 g/mol. The van der Waals surface area contributed by atoms with Gasteiger partial charge in [-0.3, -0.25) is 4.79 Å². The van der Waals surface area contributed by atoms with Gasteiger partial charge in [0.2, 0.25) is 0 Å². The first-order valence-electron chi connectivity index (χ1n) is 9.75. The van der Waals surface area contributed by atoms with Crippen molar-refractivity contribution in [2.24, 2.45) is 0 Å². The largest absolute Gasteiger partial charge is 0.489 e. The highest BCUT2D eigenvalue weighted by Gasteiger charge is 2.07. The zero-order valence-electron chi connectivity index (χ0n) is 18.0. The van der Waals surface area contributed by atoms with Crippen molar-refractivity contribution in [2.75, 3.05) is 13.7 Å². The number of hydrogen-bond acceptors (Lipinski definition) is 5. The van der Waals surface area contributed by atoms with Gasteiger partial charge in [0.05, 0.1) is 5.71 Å². The minimum Gasteiger partial charge on any atom is -0.489 e. The van der Waals surface area contributed by atoms with Gasteiger partial charge in [-0.15, -0.1) is 0 Å². The molecule has 6 nitrogen and oxygen atoms in total. The minimum absolute atomic E-state index is 0.106. The highest BCUT2D eigenvalue weighted by Crippen LogP contribution is 2.20. The van der Waals surface area contributed by atoms with Gasteiger partial charge in [0.15, 0.2) is 0 Å². The third kappa shape index (κ3) is 8.97. The van der Waals surface area contributed by atoms with Crippen molar-refractivity contribution in [3.05, 3.63) is 96.4 Å². The third-order valence-electron chi connectivity index (χ3n) is 4.21. The molecule has 0 aliphatic heterocycles. The molecule has 0 fully saturated rings. The number of aliphatic hydroxyl groups is 1. The Hall–Kier alpha value is -3.71. The zero-order valence-corrected chi connectivity index (χ0v) is 18.0. The van der Waals surface area contributed by atoms with Crippen LogP contribution in [0.1, 0.15) is 17.5 Å². The molecular formula is C25H28FNO5. The number of rotatable bonds is 12. The molecule has 0 aromatic heterocycles. The summed E-state index contributed by atoms with van der Waals surface area (Å²) in [5.74, 6) is -0.469. The predicted molar refractivity (Wildman–Crippen MR) is 123 cm³/mol. The monoisotopic (exact) mass is 441 g/mol. The van der Waals surface area contributed by atoms with Crippen molar-refractivity contribution < 1.29 is 28.9 Å². The Balaban J connectivity index is 0.00000249. The molecule has 2 aromatic carbocycles. The lowest BCUT2D eigenvalue weighted by Gasteiger charge is -2.10. The highest BCUT2D eigenvalue weighted by atomic mass is 19.1. The van der Waals surface area contributed by atoms with E-state index in [9.17, 15) is 9.18 Å². The van der Waals surface area contributed by atoms with Gasteiger partial charge in [0, 0.05) is 19.6 Å². The highest BCUT2D eigenvalue weighted by molar-refractivity contribution is 6.01. The summed E-state index contributed by atoms with van der Waals surface area (Å²) in [6.07, 6.45) is 4.88. The van der Waals surface area contributed by atoms with Gasteiger partial charge in [0.25, 0.3) is 0 Å². The Morgan fingerprint density at radius 2 is 1.75 bits per heavy atom. The van der Waals surface area contributed by atoms with Gasteiger partial charge in [-0.05, 0) is 41.3 Å². The van der Waals surface area contributed by atoms with Gasteiger partial charge < -0.3 is 25.1 Å². The first kappa shape index (κ1) is 26.3. The second kappa shape index (κ2) is 14.3. The van der Waals surface area contributed by atoms with Crippen LogP contribution < -0.4 is 9.47 Å². The summed E-state index contributed by atoms with van der Waals surface area (Å²) in [7, 11) is 1.00. The number of aliphatic hydroxyl groups excluding tert-OH is 1. The molecule has 0 radical (unpaired) electrons. The molecular weight excluding hydrogens is 413 g/mol. The summed E-state index contributed by atoms with van der Waals surface area (Å²) in [5, 5.41) is 23.7. The first-order chi connectivity index (χ1) is 15.4. The fourth-order valence-electron chi connectivity index (χ4n) is 2.57. The van der Waals surface area contributed by atoms with E-state index in [0.29, 0.717) is 28.3 Å². The Morgan fingerprint density at radius 3 is 2.31 bits per heavy atom. The number of carbonyl (C=O) groups is 1. The van der Waals surface area contributed by atoms with Crippen molar-refractivity contribution in [2.45, 2.75) is 19.4 Å². The van der Waals surface area contributed by atoms with Crippen LogP contribution in [-0.2, 0) is 17.8 Å². The Morgan fingerprint density at radius 1 is 1.09 bits per heavy atom. The van der Waals surface area contributed by atoms with E-state index in [4.69, 9.17) is 25.1 Å². The van der Waals surface area contributed by atoms with E-state index in [1.807, 2.05) is 12.1 Å². The Bertz CT molecular complexity index is 951. The van der Waals surface area contributed by atoms with Crippen LogP contribution in [0, 0.1) is 11.2 Å². The van der Waals surface area contributed by atoms with Crippen LogP contribution in [0.4, 0.5) is 4.39 Å². The number of aliphatic carboxylic acids is 1. The number of hydrogen-bond donors (Lipinski definition) is 3. The zero-order chi connectivity index (χ0) is 23.9. The van der Waals surface area contributed by atoms with E-state index in [2.05, 4.69) is 13.2 Å². The molecule has 0 atom stereocenters.